The van der Waals surface area contributed by atoms with Crippen molar-refractivity contribution in [2.45, 2.75) is 0 Å². The number of aromatic nitrogens is 1. The van der Waals surface area contributed by atoms with Crippen molar-refractivity contribution in [1.29, 1.82) is 0 Å². The van der Waals surface area contributed by atoms with Gasteiger partial charge in [-0.3, -0.25) is 0 Å². The molecule has 0 aliphatic heterocycles. The summed E-state index contributed by atoms with van der Waals surface area (Å²) in [5.74, 6) is -0.992. The average Bonchev–Trinajstić information content (AvgIpc) is 3.38. The molecule has 2 heterocycles. The Morgan fingerprint density at radius 2 is 1.87 bits per heavy atom. The molecular formula is C20H13Cl2N3O4S. The van der Waals surface area contributed by atoms with Gasteiger partial charge in [0.25, 0.3) is 0 Å². The molecule has 0 amide bonds. The normalized spacial score (nSPS) is 12.1. The lowest BCUT2D eigenvalue weighted by Crippen LogP contribution is -2.11. The maximum atomic E-state index is 10.0. The third-order valence-electron chi connectivity index (χ3n) is 4.06. The smallest absolute Gasteiger partial charge is 0.211 e. The van der Waals surface area contributed by atoms with Gasteiger partial charge < -0.3 is 19.7 Å². The zero-order chi connectivity index (χ0) is 21.3. The Hall–Kier alpha value is -3.20. The molecule has 0 bridgehead atoms. The SMILES string of the molecule is Oc1ccc(C=Nn2c(-c3ccco3)csc2=Nc2ccc(Cl)cc2Cl)c(O)c1O. The lowest BCUT2D eigenvalue weighted by atomic mass is 10.2. The first-order chi connectivity index (χ1) is 14.4. The number of hydrogen-bond acceptors (Lipinski definition) is 7. The van der Waals surface area contributed by atoms with Crippen LogP contribution in [0.15, 0.2) is 68.6 Å². The molecule has 0 spiro atoms. The lowest BCUT2D eigenvalue weighted by molar-refractivity contribution is 0.367. The largest absolute Gasteiger partial charge is 0.504 e. The number of thiazole rings is 1. The number of hydrogen-bond donors (Lipinski definition) is 3. The van der Waals surface area contributed by atoms with Crippen LogP contribution in [0.3, 0.4) is 0 Å². The molecule has 2 aromatic carbocycles. The molecule has 0 saturated carbocycles. The molecule has 4 aromatic rings. The molecule has 2 aromatic heterocycles. The first-order valence-corrected chi connectivity index (χ1v) is 10.1. The second kappa shape index (κ2) is 8.27. The van der Waals surface area contributed by atoms with Crippen molar-refractivity contribution in [3.8, 4) is 28.7 Å². The van der Waals surface area contributed by atoms with Gasteiger partial charge in [0.2, 0.25) is 10.6 Å². The maximum Gasteiger partial charge on any atom is 0.211 e. The van der Waals surface area contributed by atoms with Crippen molar-refractivity contribution in [3.05, 3.63) is 74.5 Å². The van der Waals surface area contributed by atoms with Crippen LogP contribution >= 0.6 is 34.5 Å². The molecule has 7 nitrogen and oxygen atoms in total. The van der Waals surface area contributed by atoms with Crippen molar-refractivity contribution in [1.82, 2.24) is 4.68 Å². The second-order valence-corrected chi connectivity index (χ2v) is 7.70. The van der Waals surface area contributed by atoms with E-state index in [0.717, 1.165) is 0 Å². The fourth-order valence-electron chi connectivity index (χ4n) is 2.57. The quantitative estimate of drug-likeness (QED) is 0.281. The number of benzene rings is 2. The van der Waals surface area contributed by atoms with E-state index in [1.54, 1.807) is 30.3 Å². The van der Waals surface area contributed by atoms with Gasteiger partial charge in [-0.2, -0.15) is 5.10 Å². The molecule has 0 atom stereocenters. The molecule has 0 unspecified atom stereocenters. The van der Waals surface area contributed by atoms with Crippen molar-refractivity contribution >= 4 is 46.4 Å². The van der Waals surface area contributed by atoms with Crippen molar-refractivity contribution in [2.75, 3.05) is 0 Å². The Bertz CT molecular complexity index is 1310. The fourth-order valence-corrected chi connectivity index (χ4v) is 3.85. The third-order valence-corrected chi connectivity index (χ3v) is 5.41. The summed E-state index contributed by atoms with van der Waals surface area (Å²) in [6, 6.07) is 11.1. The Labute approximate surface area is 184 Å². The van der Waals surface area contributed by atoms with Gasteiger partial charge in [-0.05, 0) is 42.5 Å². The van der Waals surface area contributed by atoms with E-state index in [9.17, 15) is 15.3 Å². The molecule has 0 fully saturated rings. The van der Waals surface area contributed by atoms with Crippen LogP contribution in [0, 0.1) is 0 Å². The monoisotopic (exact) mass is 461 g/mol. The maximum absolute atomic E-state index is 10.0. The predicted molar refractivity (Wildman–Crippen MR) is 116 cm³/mol. The van der Waals surface area contributed by atoms with E-state index in [0.29, 0.717) is 32.0 Å². The number of phenolic OH excluding ortho intramolecular Hbond substituents is 3. The summed E-state index contributed by atoms with van der Waals surface area (Å²) in [4.78, 5) is 5.04. The summed E-state index contributed by atoms with van der Waals surface area (Å²) >= 11 is 13.5. The summed E-state index contributed by atoms with van der Waals surface area (Å²) in [7, 11) is 0. The molecule has 4 rings (SSSR count). The van der Waals surface area contributed by atoms with Crippen LogP contribution < -0.4 is 4.80 Å². The Morgan fingerprint density at radius 1 is 1.03 bits per heavy atom. The molecular weight excluding hydrogens is 449 g/mol. The molecule has 0 radical (unpaired) electrons. The van der Waals surface area contributed by atoms with E-state index in [4.69, 9.17) is 27.6 Å². The van der Waals surface area contributed by atoms with Gasteiger partial charge in [0, 0.05) is 16.0 Å². The summed E-state index contributed by atoms with van der Waals surface area (Å²) in [6.45, 7) is 0. The van der Waals surface area contributed by atoms with Crippen LogP contribution in [-0.2, 0) is 0 Å². The van der Waals surface area contributed by atoms with Gasteiger partial charge in [0.1, 0.15) is 5.69 Å². The van der Waals surface area contributed by atoms with E-state index in [2.05, 4.69) is 10.1 Å². The predicted octanol–water partition coefficient (Wildman–Crippen LogP) is 5.35. The number of furan rings is 1. The van der Waals surface area contributed by atoms with Crippen molar-refractivity contribution in [3.63, 3.8) is 0 Å². The van der Waals surface area contributed by atoms with Gasteiger partial charge in [-0.25, -0.2) is 9.67 Å². The second-order valence-electron chi connectivity index (χ2n) is 6.02. The van der Waals surface area contributed by atoms with Crippen LogP contribution in [-0.4, -0.2) is 26.2 Å². The van der Waals surface area contributed by atoms with Gasteiger partial charge in [-0.15, -0.1) is 11.3 Å². The molecule has 10 heteroatoms. The first kappa shape index (κ1) is 20.1. The van der Waals surface area contributed by atoms with Crippen LogP contribution in [0.25, 0.3) is 11.5 Å². The van der Waals surface area contributed by atoms with E-state index < -0.39 is 17.2 Å². The Balaban J connectivity index is 1.86. The topological polar surface area (TPSA) is 103 Å². The number of nitrogens with zero attached hydrogens (tertiary/aromatic N) is 3. The summed E-state index contributed by atoms with van der Waals surface area (Å²) in [5.41, 5.74) is 1.32. The summed E-state index contributed by atoms with van der Waals surface area (Å²) in [6.07, 6.45) is 2.87. The van der Waals surface area contributed by atoms with E-state index in [1.165, 1.54) is 40.6 Å². The summed E-state index contributed by atoms with van der Waals surface area (Å²) in [5, 5.41) is 36.3. The number of rotatable bonds is 4. The zero-order valence-electron chi connectivity index (χ0n) is 15.0. The minimum absolute atomic E-state index is 0.199. The molecule has 0 aliphatic rings. The highest BCUT2D eigenvalue weighted by molar-refractivity contribution is 7.07. The zero-order valence-corrected chi connectivity index (χ0v) is 17.4. The van der Waals surface area contributed by atoms with Gasteiger partial charge in [0.15, 0.2) is 17.3 Å². The van der Waals surface area contributed by atoms with Crippen molar-refractivity contribution < 1.29 is 19.7 Å². The van der Waals surface area contributed by atoms with Gasteiger partial charge in [0.05, 0.1) is 23.2 Å². The number of phenols is 3. The van der Waals surface area contributed by atoms with E-state index in [1.807, 2.05) is 5.38 Å². The number of halogens is 2. The third kappa shape index (κ3) is 3.93. The first-order valence-electron chi connectivity index (χ1n) is 8.46. The highest BCUT2D eigenvalue weighted by Crippen LogP contribution is 2.36. The lowest BCUT2D eigenvalue weighted by Gasteiger charge is -2.04. The van der Waals surface area contributed by atoms with E-state index >= 15 is 0 Å². The molecule has 0 saturated heterocycles. The van der Waals surface area contributed by atoms with E-state index in [-0.39, 0.29) is 5.56 Å². The van der Waals surface area contributed by atoms with Crippen LogP contribution in [0.1, 0.15) is 5.56 Å². The van der Waals surface area contributed by atoms with Crippen LogP contribution in [0.4, 0.5) is 5.69 Å². The van der Waals surface area contributed by atoms with Gasteiger partial charge >= 0.3 is 0 Å². The van der Waals surface area contributed by atoms with Gasteiger partial charge in [-0.1, -0.05) is 23.2 Å². The molecule has 3 N–H and O–H groups in total. The highest BCUT2D eigenvalue weighted by atomic mass is 35.5. The standard InChI is InChI=1S/C20H13Cl2N3O4S/c21-12-4-5-14(13(22)8-12)24-20-25(15(10-30-20)17-2-1-7-29-17)23-9-11-3-6-16(26)19(28)18(11)27/h1-10,26-28H. The Kier molecular flexibility index (Phi) is 5.54. The molecule has 30 heavy (non-hydrogen) atoms. The molecule has 152 valence electrons. The van der Waals surface area contributed by atoms with Crippen LogP contribution in [0.2, 0.25) is 10.0 Å². The fraction of sp³-hybridized carbons (Fsp3) is 0. The summed E-state index contributed by atoms with van der Waals surface area (Å²) < 4.78 is 6.99. The minimum Gasteiger partial charge on any atom is -0.504 e. The number of aromatic hydroxyl groups is 3. The highest BCUT2D eigenvalue weighted by Gasteiger charge is 2.13. The Morgan fingerprint density at radius 3 is 2.60 bits per heavy atom. The van der Waals surface area contributed by atoms with Crippen molar-refractivity contribution in [2.24, 2.45) is 10.1 Å². The minimum atomic E-state index is -0.626. The molecule has 0 aliphatic carbocycles. The average molecular weight is 462 g/mol. The van der Waals surface area contributed by atoms with Crippen LogP contribution in [0.5, 0.6) is 17.2 Å².